The number of carbonyl (C=O) groups is 1. The van der Waals surface area contributed by atoms with E-state index >= 15 is 0 Å². The van der Waals surface area contributed by atoms with Crippen LogP contribution >= 0.6 is 22.9 Å². The van der Waals surface area contributed by atoms with Gasteiger partial charge in [0.1, 0.15) is 10.0 Å². The predicted molar refractivity (Wildman–Crippen MR) is 94.7 cm³/mol. The molecule has 24 heavy (non-hydrogen) atoms. The second-order valence-corrected chi connectivity index (χ2v) is 7.55. The molecule has 0 radical (unpaired) electrons. The molecule has 6 nitrogen and oxygen atoms in total. The van der Waals surface area contributed by atoms with Crippen LogP contribution in [-0.4, -0.2) is 51.6 Å². The lowest BCUT2D eigenvalue weighted by molar-refractivity contribution is 0.0938. The maximum absolute atomic E-state index is 12.4. The summed E-state index contributed by atoms with van der Waals surface area (Å²) in [6.07, 6.45) is 4.55. The molecule has 1 atom stereocenters. The first-order chi connectivity index (χ1) is 11.6. The smallest absolute Gasteiger partial charge is 0.280 e. The topological polar surface area (TPSA) is 62.5 Å². The summed E-state index contributed by atoms with van der Waals surface area (Å²) in [4.78, 5) is 19.1. The lowest BCUT2D eigenvalue weighted by Gasteiger charge is -2.11. The molecule has 1 amide bonds. The Bertz CT molecular complexity index is 905. The number of pyridine rings is 1. The lowest BCUT2D eigenvalue weighted by atomic mass is 10.2. The Kier molecular flexibility index (Phi) is 3.99. The molecule has 1 aliphatic heterocycles. The first-order valence-electron chi connectivity index (χ1n) is 7.70. The number of likely N-dealkylation sites (N-methyl/N-ethyl adjacent to an activating group) is 1. The summed E-state index contributed by atoms with van der Waals surface area (Å²) in [5.41, 5.74) is 2.35. The summed E-state index contributed by atoms with van der Waals surface area (Å²) in [6.45, 7) is 1.86. The Labute approximate surface area is 148 Å². The van der Waals surface area contributed by atoms with Gasteiger partial charge in [0.2, 0.25) is 0 Å². The molecule has 4 heterocycles. The summed E-state index contributed by atoms with van der Waals surface area (Å²) >= 11 is 7.56. The van der Waals surface area contributed by atoms with Crippen molar-refractivity contribution in [2.45, 2.75) is 12.5 Å². The van der Waals surface area contributed by atoms with Crippen molar-refractivity contribution in [1.82, 2.24) is 24.8 Å². The Morgan fingerprint density at radius 3 is 3.12 bits per heavy atom. The standard InChI is InChI=1S/C16H16ClN5OS/c1-21-7-5-10(9-21)19-15(23)16-20-13(14(17)24-16)11-8-18-22-6-3-2-4-12(11)22/h2-4,6,8,10H,5,7,9H2,1H3,(H,19,23)/t10-/m0/s1. The number of aromatic nitrogens is 3. The fourth-order valence-electron chi connectivity index (χ4n) is 2.98. The molecule has 0 bridgehead atoms. The highest BCUT2D eigenvalue weighted by Crippen LogP contribution is 2.34. The van der Waals surface area contributed by atoms with E-state index in [9.17, 15) is 4.79 Å². The van der Waals surface area contributed by atoms with Crippen LogP contribution in [0.4, 0.5) is 0 Å². The first-order valence-corrected chi connectivity index (χ1v) is 8.90. The van der Waals surface area contributed by atoms with Gasteiger partial charge in [-0.05, 0) is 32.1 Å². The summed E-state index contributed by atoms with van der Waals surface area (Å²) in [7, 11) is 2.05. The van der Waals surface area contributed by atoms with E-state index in [2.05, 4.69) is 27.3 Å². The molecule has 1 fully saturated rings. The fraction of sp³-hybridized carbons (Fsp3) is 0.312. The zero-order valence-corrected chi connectivity index (χ0v) is 14.6. The van der Waals surface area contributed by atoms with E-state index in [0.717, 1.165) is 30.6 Å². The molecule has 0 aliphatic carbocycles. The van der Waals surface area contributed by atoms with Crippen LogP contribution in [0.3, 0.4) is 0 Å². The van der Waals surface area contributed by atoms with Crippen molar-refractivity contribution in [3.63, 3.8) is 0 Å². The number of hydrogen-bond acceptors (Lipinski definition) is 5. The zero-order valence-electron chi connectivity index (χ0n) is 13.1. The van der Waals surface area contributed by atoms with Gasteiger partial charge in [0.05, 0.1) is 11.7 Å². The van der Waals surface area contributed by atoms with Crippen LogP contribution in [0.25, 0.3) is 16.8 Å². The number of hydrogen-bond donors (Lipinski definition) is 1. The van der Waals surface area contributed by atoms with E-state index in [1.807, 2.05) is 24.4 Å². The van der Waals surface area contributed by atoms with Gasteiger partial charge in [-0.2, -0.15) is 5.10 Å². The summed E-state index contributed by atoms with van der Waals surface area (Å²) in [5.74, 6) is -0.162. The molecule has 3 aromatic rings. The van der Waals surface area contributed by atoms with Gasteiger partial charge >= 0.3 is 0 Å². The number of rotatable bonds is 3. The molecule has 0 aromatic carbocycles. The van der Waals surface area contributed by atoms with Crippen LogP contribution in [0.2, 0.25) is 4.34 Å². The van der Waals surface area contributed by atoms with E-state index in [1.165, 1.54) is 11.3 Å². The van der Waals surface area contributed by atoms with Crippen molar-refractivity contribution in [1.29, 1.82) is 0 Å². The van der Waals surface area contributed by atoms with Crippen LogP contribution in [0, 0.1) is 0 Å². The maximum atomic E-state index is 12.4. The molecule has 0 saturated carbocycles. The van der Waals surface area contributed by atoms with Crippen molar-refractivity contribution >= 4 is 34.4 Å². The van der Waals surface area contributed by atoms with E-state index in [1.54, 1.807) is 10.7 Å². The number of halogens is 1. The van der Waals surface area contributed by atoms with Gasteiger partial charge in [-0.3, -0.25) is 4.79 Å². The molecule has 8 heteroatoms. The summed E-state index contributed by atoms with van der Waals surface area (Å²) < 4.78 is 2.27. The summed E-state index contributed by atoms with van der Waals surface area (Å²) in [5, 5.41) is 7.72. The van der Waals surface area contributed by atoms with E-state index in [-0.39, 0.29) is 11.9 Å². The number of thiazole rings is 1. The quantitative estimate of drug-likeness (QED) is 0.778. The minimum atomic E-state index is -0.162. The minimum absolute atomic E-state index is 0.162. The average Bonchev–Trinajstić information content (AvgIpc) is 3.26. The van der Waals surface area contributed by atoms with Gasteiger partial charge in [0.15, 0.2) is 5.01 Å². The number of fused-ring (bicyclic) bond motifs is 1. The molecule has 1 saturated heterocycles. The molecular weight excluding hydrogens is 346 g/mol. The fourth-order valence-corrected chi connectivity index (χ4v) is 4.06. The molecule has 4 rings (SSSR count). The van der Waals surface area contributed by atoms with Crippen LogP contribution in [-0.2, 0) is 0 Å². The molecule has 3 aromatic heterocycles. The highest BCUT2D eigenvalue weighted by Gasteiger charge is 2.24. The maximum Gasteiger partial charge on any atom is 0.280 e. The third kappa shape index (κ3) is 2.79. The Hall–Kier alpha value is -1.96. The van der Waals surface area contributed by atoms with E-state index in [0.29, 0.717) is 15.0 Å². The van der Waals surface area contributed by atoms with Crippen molar-refractivity contribution < 1.29 is 4.79 Å². The van der Waals surface area contributed by atoms with Crippen LogP contribution < -0.4 is 5.32 Å². The highest BCUT2D eigenvalue weighted by atomic mass is 35.5. The van der Waals surface area contributed by atoms with Crippen LogP contribution in [0.5, 0.6) is 0 Å². The Morgan fingerprint density at radius 2 is 2.33 bits per heavy atom. The Morgan fingerprint density at radius 1 is 1.46 bits per heavy atom. The average molecular weight is 362 g/mol. The molecule has 0 spiro atoms. The van der Waals surface area contributed by atoms with Crippen molar-refractivity contribution in [2.75, 3.05) is 20.1 Å². The number of nitrogens with zero attached hydrogens (tertiary/aromatic N) is 4. The molecule has 124 valence electrons. The second kappa shape index (κ2) is 6.16. The van der Waals surface area contributed by atoms with Gasteiger partial charge in [-0.25, -0.2) is 9.50 Å². The van der Waals surface area contributed by atoms with Gasteiger partial charge in [0, 0.05) is 24.3 Å². The molecule has 0 unspecified atom stereocenters. The number of likely N-dealkylation sites (tertiary alicyclic amines) is 1. The van der Waals surface area contributed by atoms with Gasteiger partial charge < -0.3 is 10.2 Å². The Balaban J connectivity index is 1.61. The van der Waals surface area contributed by atoms with Gasteiger partial charge in [0.25, 0.3) is 5.91 Å². The molecule has 1 N–H and O–H groups in total. The minimum Gasteiger partial charge on any atom is -0.346 e. The number of nitrogens with one attached hydrogen (secondary N) is 1. The monoisotopic (exact) mass is 361 g/mol. The van der Waals surface area contributed by atoms with Crippen molar-refractivity contribution in [2.24, 2.45) is 0 Å². The van der Waals surface area contributed by atoms with E-state index < -0.39 is 0 Å². The summed E-state index contributed by atoms with van der Waals surface area (Å²) in [6, 6.07) is 5.96. The normalized spacial score (nSPS) is 18.3. The predicted octanol–water partition coefficient (Wildman–Crippen LogP) is 2.55. The third-order valence-corrected chi connectivity index (χ3v) is 5.44. The molecule has 1 aliphatic rings. The largest absolute Gasteiger partial charge is 0.346 e. The van der Waals surface area contributed by atoms with Gasteiger partial charge in [-0.1, -0.05) is 29.0 Å². The first kappa shape index (κ1) is 15.6. The van der Waals surface area contributed by atoms with Crippen molar-refractivity contribution in [3.8, 4) is 11.3 Å². The van der Waals surface area contributed by atoms with E-state index in [4.69, 9.17) is 11.6 Å². The second-order valence-electron chi connectivity index (χ2n) is 5.95. The number of amides is 1. The van der Waals surface area contributed by atoms with Crippen molar-refractivity contribution in [3.05, 3.63) is 39.9 Å². The lowest BCUT2D eigenvalue weighted by Crippen LogP contribution is -2.36. The zero-order chi connectivity index (χ0) is 16.7. The third-order valence-electron chi connectivity index (χ3n) is 4.19. The van der Waals surface area contributed by atoms with Gasteiger partial charge in [-0.15, -0.1) is 0 Å². The number of carbonyl (C=O) groups excluding carboxylic acids is 1. The van der Waals surface area contributed by atoms with Crippen LogP contribution in [0.15, 0.2) is 30.6 Å². The SMILES string of the molecule is CN1CC[C@H](NC(=O)c2nc(-c3cnn4ccccc34)c(Cl)s2)C1. The molecular formula is C16H16ClN5OS. The highest BCUT2D eigenvalue weighted by molar-refractivity contribution is 7.18. The van der Waals surface area contributed by atoms with Crippen LogP contribution in [0.1, 0.15) is 16.2 Å².